The Morgan fingerprint density at radius 1 is 0.833 bits per heavy atom. The minimum Gasteiger partial charge on any atom is -0.321 e. The molecule has 0 aliphatic carbocycles. The number of aryl methyl sites for hydroxylation is 1. The van der Waals surface area contributed by atoms with Gasteiger partial charge >= 0.3 is 7.60 Å². The van der Waals surface area contributed by atoms with Gasteiger partial charge in [-0.25, -0.2) is 0 Å². The zero-order valence-electron chi connectivity index (χ0n) is 13.0. The highest BCUT2D eigenvalue weighted by Crippen LogP contribution is 2.36. The standard InChI is InChI=1S/C19H16NO3P/c1-13-9-10-19-17(11-13)16-7-2-3-8-18(16)20(19)14-5-4-6-15(12-14)24(21,22)23/h2-12H,1H3,(H2,21,22,23). The lowest BCUT2D eigenvalue weighted by Crippen LogP contribution is -2.06. The monoisotopic (exact) mass is 337 g/mol. The molecule has 0 spiro atoms. The number of aromatic nitrogens is 1. The van der Waals surface area contributed by atoms with Crippen LogP contribution in [0, 0.1) is 6.92 Å². The fourth-order valence-electron chi connectivity index (χ4n) is 3.18. The normalized spacial score (nSPS) is 12.1. The fraction of sp³-hybridized carbons (Fsp3) is 0.0526. The van der Waals surface area contributed by atoms with E-state index in [9.17, 15) is 14.4 Å². The van der Waals surface area contributed by atoms with E-state index in [1.165, 1.54) is 11.6 Å². The van der Waals surface area contributed by atoms with Crippen molar-refractivity contribution in [1.82, 2.24) is 4.57 Å². The second-order valence-electron chi connectivity index (χ2n) is 5.94. The van der Waals surface area contributed by atoms with Crippen molar-refractivity contribution in [2.75, 3.05) is 0 Å². The summed E-state index contributed by atoms with van der Waals surface area (Å²) in [6.45, 7) is 2.06. The second-order valence-corrected chi connectivity index (χ2v) is 7.54. The minimum atomic E-state index is -4.29. The van der Waals surface area contributed by atoms with Crippen LogP contribution >= 0.6 is 7.60 Å². The molecule has 0 saturated heterocycles. The van der Waals surface area contributed by atoms with Gasteiger partial charge in [0.05, 0.1) is 16.3 Å². The number of hydrogen-bond acceptors (Lipinski definition) is 1. The van der Waals surface area contributed by atoms with Gasteiger partial charge < -0.3 is 14.4 Å². The number of nitrogens with zero attached hydrogens (tertiary/aromatic N) is 1. The van der Waals surface area contributed by atoms with Crippen molar-refractivity contribution in [1.29, 1.82) is 0 Å². The molecule has 0 atom stereocenters. The van der Waals surface area contributed by atoms with Crippen LogP contribution in [0.4, 0.5) is 0 Å². The van der Waals surface area contributed by atoms with Crippen LogP contribution in [-0.4, -0.2) is 14.4 Å². The molecule has 0 aliphatic heterocycles. The number of benzene rings is 3. The molecule has 24 heavy (non-hydrogen) atoms. The summed E-state index contributed by atoms with van der Waals surface area (Å²) in [5.41, 5.74) is 3.95. The van der Waals surface area contributed by atoms with Gasteiger partial charge in [0.15, 0.2) is 0 Å². The number of para-hydroxylation sites is 1. The summed E-state index contributed by atoms with van der Waals surface area (Å²) < 4.78 is 13.7. The van der Waals surface area contributed by atoms with E-state index in [-0.39, 0.29) is 5.30 Å². The van der Waals surface area contributed by atoms with Gasteiger partial charge in [0, 0.05) is 16.5 Å². The van der Waals surface area contributed by atoms with Crippen molar-refractivity contribution in [2.45, 2.75) is 6.92 Å². The Balaban J connectivity index is 2.11. The van der Waals surface area contributed by atoms with E-state index in [0.717, 1.165) is 27.5 Å². The van der Waals surface area contributed by atoms with Crippen LogP contribution in [0.2, 0.25) is 0 Å². The Morgan fingerprint density at radius 2 is 1.58 bits per heavy atom. The van der Waals surface area contributed by atoms with Gasteiger partial charge in [-0.15, -0.1) is 0 Å². The summed E-state index contributed by atoms with van der Waals surface area (Å²) in [6, 6.07) is 20.9. The molecule has 120 valence electrons. The molecule has 4 aromatic rings. The van der Waals surface area contributed by atoms with E-state index in [2.05, 4.69) is 25.1 Å². The predicted molar refractivity (Wildman–Crippen MR) is 97.2 cm³/mol. The van der Waals surface area contributed by atoms with Crippen LogP contribution < -0.4 is 5.30 Å². The van der Waals surface area contributed by atoms with Crippen molar-refractivity contribution in [2.24, 2.45) is 0 Å². The zero-order chi connectivity index (χ0) is 16.9. The van der Waals surface area contributed by atoms with Gasteiger partial charge in [-0.1, -0.05) is 35.9 Å². The van der Waals surface area contributed by atoms with E-state index in [1.54, 1.807) is 12.1 Å². The minimum absolute atomic E-state index is 0.0260. The SMILES string of the molecule is Cc1ccc2c(c1)c1ccccc1n2-c1cccc(P(=O)(O)O)c1. The molecule has 0 fully saturated rings. The Morgan fingerprint density at radius 3 is 2.38 bits per heavy atom. The van der Waals surface area contributed by atoms with Crippen LogP contribution in [0.1, 0.15) is 5.56 Å². The van der Waals surface area contributed by atoms with Crippen LogP contribution in [0.25, 0.3) is 27.5 Å². The average molecular weight is 337 g/mol. The van der Waals surface area contributed by atoms with E-state index < -0.39 is 7.60 Å². The summed E-state index contributed by atoms with van der Waals surface area (Å²) in [5, 5.41) is 2.28. The van der Waals surface area contributed by atoms with Gasteiger partial charge in [0.2, 0.25) is 0 Å². The smallest absolute Gasteiger partial charge is 0.321 e. The lowest BCUT2D eigenvalue weighted by molar-refractivity contribution is 0.387. The zero-order valence-corrected chi connectivity index (χ0v) is 13.9. The first-order valence-electron chi connectivity index (χ1n) is 7.61. The highest BCUT2D eigenvalue weighted by atomic mass is 31.2. The van der Waals surface area contributed by atoms with Crippen molar-refractivity contribution in [3.8, 4) is 5.69 Å². The van der Waals surface area contributed by atoms with Crippen LogP contribution in [0.15, 0.2) is 66.7 Å². The van der Waals surface area contributed by atoms with E-state index in [1.807, 2.05) is 34.9 Å². The third-order valence-corrected chi connectivity index (χ3v) is 5.20. The van der Waals surface area contributed by atoms with Crippen molar-refractivity contribution < 1.29 is 14.4 Å². The summed E-state index contributed by atoms with van der Waals surface area (Å²) in [7, 11) is -4.29. The number of rotatable bonds is 2. The average Bonchev–Trinajstić information content (AvgIpc) is 2.88. The van der Waals surface area contributed by atoms with Gasteiger partial charge in [0.25, 0.3) is 0 Å². The molecule has 0 amide bonds. The lowest BCUT2D eigenvalue weighted by atomic mass is 10.1. The Bertz CT molecular complexity index is 1120. The van der Waals surface area contributed by atoms with Crippen molar-refractivity contribution in [3.05, 3.63) is 72.3 Å². The molecule has 0 saturated carbocycles. The molecule has 4 rings (SSSR count). The van der Waals surface area contributed by atoms with E-state index in [4.69, 9.17) is 0 Å². The quantitative estimate of drug-likeness (QED) is 0.546. The van der Waals surface area contributed by atoms with E-state index in [0.29, 0.717) is 0 Å². The summed E-state index contributed by atoms with van der Waals surface area (Å²) in [6.07, 6.45) is 0. The Labute approximate surface area is 139 Å². The lowest BCUT2D eigenvalue weighted by Gasteiger charge is -2.10. The Hall–Kier alpha value is -2.39. The highest BCUT2D eigenvalue weighted by Gasteiger charge is 2.18. The van der Waals surface area contributed by atoms with Crippen molar-refractivity contribution >= 4 is 34.7 Å². The third kappa shape index (κ3) is 2.36. The predicted octanol–water partition coefficient (Wildman–Crippen LogP) is 3.90. The first-order chi connectivity index (χ1) is 11.4. The Kier molecular flexibility index (Phi) is 3.36. The van der Waals surface area contributed by atoms with Crippen LogP contribution in [-0.2, 0) is 4.57 Å². The summed E-state index contributed by atoms with van der Waals surface area (Å²) in [5.74, 6) is 0. The number of hydrogen-bond donors (Lipinski definition) is 2. The number of fused-ring (bicyclic) bond motifs is 3. The fourth-order valence-corrected chi connectivity index (χ4v) is 3.76. The van der Waals surface area contributed by atoms with Crippen LogP contribution in [0.5, 0.6) is 0 Å². The third-order valence-electron chi connectivity index (χ3n) is 4.25. The van der Waals surface area contributed by atoms with Gasteiger partial charge in [0.1, 0.15) is 0 Å². The maximum absolute atomic E-state index is 11.6. The largest absolute Gasteiger partial charge is 0.356 e. The molecule has 0 aliphatic rings. The van der Waals surface area contributed by atoms with Gasteiger partial charge in [-0.3, -0.25) is 4.57 Å². The first kappa shape index (κ1) is 15.2. The highest BCUT2D eigenvalue weighted by molar-refractivity contribution is 7.60. The summed E-state index contributed by atoms with van der Waals surface area (Å²) >= 11 is 0. The molecule has 3 aromatic carbocycles. The molecule has 2 N–H and O–H groups in total. The maximum Gasteiger partial charge on any atom is 0.356 e. The topological polar surface area (TPSA) is 62.5 Å². The summed E-state index contributed by atoms with van der Waals surface area (Å²) in [4.78, 5) is 19.0. The molecule has 1 heterocycles. The van der Waals surface area contributed by atoms with Crippen molar-refractivity contribution in [3.63, 3.8) is 0 Å². The van der Waals surface area contributed by atoms with Gasteiger partial charge in [-0.2, -0.15) is 0 Å². The maximum atomic E-state index is 11.6. The molecular weight excluding hydrogens is 321 g/mol. The van der Waals surface area contributed by atoms with E-state index >= 15 is 0 Å². The molecule has 4 nitrogen and oxygen atoms in total. The molecular formula is C19H16NO3P. The molecule has 0 bridgehead atoms. The molecule has 0 radical (unpaired) electrons. The first-order valence-corrected chi connectivity index (χ1v) is 9.23. The van der Waals surface area contributed by atoms with Crippen LogP contribution in [0.3, 0.4) is 0 Å². The molecule has 1 aromatic heterocycles. The van der Waals surface area contributed by atoms with Gasteiger partial charge in [-0.05, 0) is 43.3 Å². The second kappa shape index (κ2) is 5.32. The molecule has 5 heteroatoms. The molecule has 0 unspecified atom stereocenters.